The number of aromatic nitrogens is 2. The Labute approximate surface area is 165 Å². The van der Waals surface area contributed by atoms with Gasteiger partial charge in [-0.25, -0.2) is 9.97 Å². The lowest BCUT2D eigenvalue weighted by Crippen LogP contribution is -2.15. The fourth-order valence-electron chi connectivity index (χ4n) is 2.76. The van der Waals surface area contributed by atoms with Crippen LogP contribution in [0.15, 0.2) is 54.9 Å². The minimum atomic E-state index is -0.263. The highest BCUT2D eigenvalue weighted by Crippen LogP contribution is 2.16. The normalized spacial score (nSPS) is 10.4. The van der Waals surface area contributed by atoms with Crippen molar-refractivity contribution >= 4 is 17.4 Å². The maximum absolute atomic E-state index is 12.5. The van der Waals surface area contributed by atoms with Crippen molar-refractivity contribution in [3.05, 3.63) is 77.2 Å². The van der Waals surface area contributed by atoms with Crippen molar-refractivity contribution < 1.29 is 9.53 Å². The first-order valence-electron chi connectivity index (χ1n) is 9.12. The number of anilines is 2. The lowest BCUT2D eigenvalue weighted by molar-refractivity contribution is 0.102. The zero-order chi connectivity index (χ0) is 19.9. The molecule has 0 aliphatic heterocycles. The number of carbonyl (C=O) groups is 1. The number of amides is 1. The second kappa shape index (κ2) is 8.99. The molecule has 1 amide bonds. The first-order valence-corrected chi connectivity index (χ1v) is 9.12. The minimum Gasteiger partial charge on any atom is -0.497 e. The maximum Gasteiger partial charge on any atom is 0.274 e. The summed E-state index contributed by atoms with van der Waals surface area (Å²) in [4.78, 5) is 20.8. The van der Waals surface area contributed by atoms with Crippen molar-refractivity contribution in [2.75, 3.05) is 24.3 Å². The average molecular weight is 376 g/mol. The average Bonchev–Trinajstić information content (AvgIpc) is 2.71. The summed E-state index contributed by atoms with van der Waals surface area (Å²) in [7, 11) is 1.66. The Hall–Kier alpha value is -3.41. The largest absolute Gasteiger partial charge is 0.497 e. The highest BCUT2D eigenvalue weighted by Gasteiger charge is 2.10. The molecule has 0 radical (unpaired) electrons. The van der Waals surface area contributed by atoms with E-state index in [0.717, 1.165) is 29.0 Å². The van der Waals surface area contributed by atoms with Gasteiger partial charge >= 0.3 is 0 Å². The molecule has 0 aliphatic rings. The van der Waals surface area contributed by atoms with E-state index in [1.54, 1.807) is 13.2 Å². The molecule has 144 valence electrons. The van der Waals surface area contributed by atoms with Crippen molar-refractivity contribution in [2.45, 2.75) is 20.3 Å². The molecule has 6 nitrogen and oxygen atoms in total. The van der Waals surface area contributed by atoms with Gasteiger partial charge in [0, 0.05) is 18.3 Å². The Morgan fingerprint density at radius 3 is 2.68 bits per heavy atom. The van der Waals surface area contributed by atoms with Gasteiger partial charge in [0.25, 0.3) is 5.91 Å². The van der Waals surface area contributed by atoms with Gasteiger partial charge in [-0.3, -0.25) is 4.79 Å². The molecule has 2 aromatic carbocycles. The van der Waals surface area contributed by atoms with E-state index in [4.69, 9.17) is 4.74 Å². The number of rotatable bonds is 7. The van der Waals surface area contributed by atoms with Gasteiger partial charge in [-0.2, -0.15) is 0 Å². The predicted molar refractivity (Wildman–Crippen MR) is 111 cm³/mol. The fourth-order valence-corrected chi connectivity index (χ4v) is 2.76. The number of carbonyl (C=O) groups excluding carboxylic acids is 1. The molecule has 0 saturated carbocycles. The molecule has 3 aromatic rings. The smallest absolute Gasteiger partial charge is 0.274 e. The summed E-state index contributed by atoms with van der Waals surface area (Å²) in [6.07, 6.45) is 2.20. The van der Waals surface area contributed by atoms with E-state index in [1.807, 2.05) is 56.3 Å². The molecule has 2 N–H and O–H groups in total. The molecule has 3 rings (SSSR count). The monoisotopic (exact) mass is 376 g/mol. The van der Waals surface area contributed by atoms with E-state index in [1.165, 1.54) is 11.9 Å². The molecule has 0 unspecified atom stereocenters. The molecule has 0 spiro atoms. The van der Waals surface area contributed by atoms with E-state index in [0.29, 0.717) is 18.1 Å². The van der Waals surface area contributed by atoms with Crippen LogP contribution in [0.25, 0.3) is 0 Å². The van der Waals surface area contributed by atoms with E-state index < -0.39 is 0 Å². The van der Waals surface area contributed by atoms with Crippen molar-refractivity contribution in [1.29, 1.82) is 0 Å². The molecule has 0 aliphatic carbocycles. The van der Waals surface area contributed by atoms with Crippen LogP contribution in [0.4, 0.5) is 11.5 Å². The zero-order valence-corrected chi connectivity index (χ0v) is 16.3. The highest BCUT2D eigenvalue weighted by molar-refractivity contribution is 6.03. The second-order valence-electron chi connectivity index (χ2n) is 6.57. The van der Waals surface area contributed by atoms with Crippen molar-refractivity contribution in [1.82, 2.24) is 9.97 Å². The summed E-state index contributed by atoms with van der Waals surface area (Å²) in [5, 5.41) is 6.11. The first-order chi connectivity index (χ1) is 13.5. The highest BCUT2D eigenvalue weighted by atomic mass is 16.5. The lowest BCUT2D eigenvalue weighted by Gasteiger charge is -2.09. The minimum absolute atomic E-state index is 0.263. The third kappa shape index (κ3) is 5.07. The Bertz CT molecular complexity index is 972. The Kier molecular flexibility index (Phi) is 6.22. The molecule has 6 heteroatoms. The molecule has 1 heterocycles. The summed E-state index contributed by atoms with van der Waals surface area (Å²) < 4.78 is 5.24. The van der Waals surface area contributed by atoms with Crippen LogP contribution in [0, 0.1) is 13.8 Å². The fraction of sp³-hybridized carbons (Fsp3) is 0.227. The van der Waals surface area contributed by atoms with Gasteiger partial charge in [-0.1, -0.05) is 18.2 Å². The number of hydrogen-bond acceptors (Lipinski definition) is 5. The molecule has 0 fully saturated rings. The molecule has 0 saturated heterocycles. The van der Waals surface area contributed by atoms with Gasteiger partial charge in [0.1, 0.15) is 23.6 Å². The Balaban J connectivity index is 1.59. The van der Waals surface area contributed by atoms with E-state index in [9.17, 15) is 4.79 Å². The third-order valence-corrected chi connectivity index (χ3v) is 4.52. The van der Waals surface area contributed by atoms with E-state index in [2.05, 4.69) is 20.6 Å². The number of nitrogens with one attached hydrogen (secondary N) is 2. The number of nitrogens with zero attached hydrogens (tertiary/aromatic N) is 2. The van der Waals surface area contributed by atoms with Gasteiger partial charge in [0.15, 0.2) is 0 Å². The van der Waals surface area contributed by atoms with Crippen LogP contribution in [-0.2, 0) is 6.42 Å². The van der Waals surface area contributed by atoms with Crippen LogP contribution in [0.5, 0.6) is 5.75 Å². The lowest BCUT2D eigenvalue weighted by atomic mass is 10.1. The summed E-state index contributed by atoms with van der Waals surface area (Å²) >= 11 is 0. The van der Waals surface area contributed by atoms with Gasteiger partial charge in [-0.05, 0) is 61.2 Å². The quantitative estimate of drug-likeness (QED) is 0.652. The van der Waals surface area contributed by atoms with Crippen LogP contribution >= 0.6 is 0 Å². The number of benzene rings is 2. The molecule has 0 atom stereocenters. The van der Waals surface area contributed by atoms with Crippen molar-refractivity contribution in [3.63, 3.8) is 0 Å². The zero-order valence-electron chi connectivity index (χ0n) is 16.3. The predicted octanol–water partition coefficient (Wildman–Crippen LogP) is 4.01. The molecule has 28 heavy (non-hydrogen) atoms. The SMILES string of the molecule is COc1cccc(CCNc2cc(C(=O)Nc3ccc(C)c(C)c3)ncn2)c1. The van der Waals surface area contributed by atoms with Crippen LogP contribution < -0.4 is 15.4 Å². The summed E-state index contributed by atoms with van der Waals surface area (Å²) in [5.74, 6) is 1.19. The van der Waals surface area contributed by atoms with Gasteiger partial charge in [-0.15, -0.1) is 0 Å². The van der Waals surface area contributed by atoms with Crippen molar-refractivity contribution in [2.24, 2.45) is 0 Å². The molecular formula is C22H24N4O2. The van der Waals surface area contributed by atoms with Gasteiger partial charge < -0.3 is 15.4 Å². The van der Waals surface area contributed by atoms with E-state index in [-0.39, 0.29) is 5.91 Å². The first kappa shape index (κ1) is 19.4. The summed E-state index contributed by atoms with van der Waals surface area (Å²) in [6, 6.07) is 15.4. The summed E-state index contributed by atoms with van der Waals surface area (Å²) in [5.41, 5.74) is 4.54. The van der Waals surface area contributed by atoms with Crippen LogP contribution in [0.1, 0.15) is 27.2 Å². The summed E-state index contributed by atoms with van der Waals surface area (Å²) in [6.45, 7) is 4.73. The molecule has 0 bridgehead atoms. The Morgan fingerprint density at radius 1 is 1.04 bits per heavy atom. The van der Waals surface area contributed by atoms with Gasteiger partial charge in [0.2, 0.25) is 0 Å². The number of ether oxygens (including phenoxy) is 1. The maximum atomic E-state index is 12.5. The van der Waals surface area contributed by atoms with Crippen molar-refractivity contribution in [3.8, 4) is 5.75 Å². The van der Waals surface area contributed by atoms with Crippen LogP contribution in [-0.4, -0.2) is 29.5 Å². The number of methoxy groups -OCH3 is 1. The topological polar surface area (TPSA) is 76.1 Å². The Morgan fingerprint density at radius 2 is 1.89 bits per heavy atom. The van der Waals surface area contributed by atoms with Crippen LogP contribution in [0.3, 0.4) is 0 Å². The molecule has 1 aromatic heterocycles. The van der Waals surface area contributed by atoms with Gasteiger partial charge in [0.05, 0.1) is 7.11 Å². The van der Waals surface area contributed by atoms with Crippen LogP contribution in [0.2, 0.25) is 0 Å². The van der Waals surface area contributed by atoms with E-state index >= 15 is 0 Å². The second-order valence-corrected chi connectivity index (χ2v) is 6.57. The molecular weight excluding hydrogens is 352 g/mol. The standard InChI is InChI=1S/C22H24N4O2/c1-15-7-8-18(11-16(15)2)26-22(27)20-13-21(25-14-24-20)23-10-9-17-5-4-6-19(12-17)28-3/h4-8,11-14H,9-10H2,1-3H3,(H,26,27)(H,23,24,25). The number of hydrogen-bond donors (Lipinski definition) is 2. The third-order valence-electron chi connectivity index (χ3n) is 4.52. The number of aryl methyl sites for hydroxylation is 2.